The van der Waals surface area contributed by atoms with Crippen molar-refractivity contribution in [2.45, 2.75) is 24.7 Å². The summed E-state index contributed by atoms with van der Waals surface area (Å²) >= 11 is 0. The van der Waals surface area contributed by atoms with Crippen LogP contribution in [0.5, 0.6) is 0 Å². The minimum atomic E-state index is -4.46. The van der Waals surface area contributed by atoms with Crippen molar-refractivity contribution in [3.63, 3.8) is 0 Å². The zero-order valence-electron chi connectivity index (χ0n) is 14.4. The standard InChI is InChI=1S/C18H19F3N4O2/c19-18(20,21)15-10-13(12-4-2-1-3-5-12)22-16-11-14(23-25(15)16)17(26)24-6-8-27-9-7-24/h1-5,11,13,15,22H,6-10H2/t13-,15-/m1/s1. The van der Waals surface area contributed by atoms with Crippen LogP contribution in [-0.2, 0) is 4.74 Å². The molecule has 27 heavy (non-hydrogen) atoms. The molecule has 1 saturated heterocycles. The molecule has 1 aromatic heterocycles. The average molecular weight is 380 g/mol. The van der Waals surface area contributed by atoms with E-state index in [0.717, 1.165) is 10.2 Å². The van der Waals surface area contributed by atoms with Gasteiger partial charge in [0.1, 0.15) is 5.82 Å². The summed E-state index contributed by atoms with van der Waals surface area (Å²) in [4.78, 5) is 14.2. The number of ether oxygens (including phenoxy) is 1. The van der Waals surface area contributed by atoms with Crippen molar-refractivity contribution in [3.8, 4) is 0 Å². The summed E-state index contributed by atoms with van der Waals surface area (Å²) in [5.41, 5.74) is 0.780. The molecular formula is C18H19F3N4O2. The van der Waals surface area contributed by atoms with Crippen LogP contribution in [0.2, 0.25) is 0 Å². The van der Waals surface area contributed by atoms with E-state index >= 15 is 0 Å². The Labute approximate surface area is 153 Å². The summed E-state index contributed by atoms with van der Waals surface area (Å²) in [6, 6.07) is 8.09. The molecular weight excluding hydrogens is 361 g/mol. The number of benzene rings is 1. The molecule has 2 aromatic rings. The van der Waals surface area contributed by atoms with E-state index < -0.39 is 18.3 Å². The Bertz CT molecular complexity index is 816. The Morgan fingerprint density at radius 1 is 1.19 bits per heavy atom. The predicted molar refractivity (Wildman–Crippen MR) is 91.5 cm³/mol. The summed E-state index contributed by atoms with van der Waals surface area (Å²) in [6.07, 6.45) is -4.65. The number of amides is 1. The average Bonchev–Trinajstić information content (AvgIpc) is 3.11. The van der Waals surface area contributed by atoms with Crippen molar-refractivity contribution < 1.29 is 22.7 Å². The highest BCUT2D eigenvalue weighted by Gasteiger charge is 2.47. The second-order valence-electron chi connectivity index (χ2n) is 6.66. The Morgan fingerprint density at radius 2 is 1.89 bits per heavy atom. The van der Waals surface area contributed by atoms with Crippen LogP contribution in [0.3, 0.4) is 0 Å². The highest BCUT2D eigenvalue weighted by Crippen LogP contribution is 2.43. The summed E-state index contributed by atoms with van der Waals surface area (Å²) in [7, 11) is 0. The summed E-state index contributed by atoms with van der Waals surface area (Å²) in [5, 5.41) is 7.10. The largest absolute Gasteiger partial charge is 0.410 e. The SMILES string of the molecule is O=C(c1cc2n(n1)[C@@H](C(F)(F)F)C[C@H](c1ccccc1)N2)N1CCOCC1. The number of nitrogens with one attached hydrogen (secondary N) is 1. The van der Waals surface area contributed by atoms with Gasteiger partial charge in [-0.3, -0.25) is 4.79 Å². The quantitative estimate of drug-likeness (QED) is 0.870. The zero-order chi connectivity index (χ0) is 19.0. The van der Waals surface area contributed by atoms with E-state index in [-0.39, 0.29) is 23.8 Å². The Kier molecular flexibility index (Phi) is 4.55. The lowest BCUT2D eigenvalue weighted by Crippen LogP contribution is -2.41. The second kappa shape index (κ2) is 6.88. The Morgan fingerprint density at radius 3 is 2.56 bits per heavy atom. The van der Waals surface area contributed by atoms with E-state index in [1.165, 1.54) is 6.07 Å². The summed E-state index contributed by atoms with van der Waals surface area (Å²) in [5.74, 6) is -0.173. The Hall–Kier alpha value is -2.55. The smallest absolute Gasteiger partial charge is 0.378 e. The van der Waals surface area contributed by atoms with Crippen LogP contribution >= 0.6 is 0 Å². The number of alkyl halides is 3. The molecule has 0 saturated carbocycles. The van der Waals surface area contributed by atoms with Gasteiger partial charge in [-0.05, 0) is 5.56 Å². The van der Waals surface area contributed by atoms with Crippen LogP contribution in [0, 0.1) is 0 Å². The van der Waals surface area contributed by atoms with Gasteiger partial charge >= 0.3 is 6.18 Å². The van der Waals surface area contributed by atoms with Crippen LogP contribution in [0.1, 0.15) is 34.6 Å². The van der Waals surface area contributed by atoms with Crippen molar-refractivity contribution >= 4 is 11.7 Å². The predicted octanol–water partition coefficient (Wildman–Crippen LogP) is 3.02. The maximum absolute atomic E-state index is 13.7. The molecule has 2 aliphatic rings. The number of rotatable bonds is 2. The monoisotopic (exact) mass is 380 g/mol. The number of morpholine rings is 1. The second-order valence-corrected chi connectivity index (χ2v) is 6.66. The Balaban J connectivity index is 1.66. The molecule has 4 rings (SSSR count). The minimum absolute atomic E-state index is 0.0161. The van der Waals surface area contributed by atoms with Crippen molar-refractivity contribution in [2.24, 2.45) is 0 Å². The third kappa shape index (κ3) is 3.51. The van der Waals surface area contributed by atoms with Crippen LogP contribution in [0.15, 0.2) is 36.4 Å². The highest BCUT2D eigenvalue weighted by molar-refractivity contribution is 5.93. The molecule has 9 heteroatoms. The number of aromatic nitrogens is 2. The number of carbonyl (C=O) groups is 1. The fourth-order valence-corrected chi connectivity index (χ4v) is 3.51. The number of hydrogen-bond donors (Lipinski definition) is 1. The first-order valence-corrected chi connectivity index (χ1v) is 8.78. The first-order valence-electron chi connectivity index (χ1n) is 8.78. The van der Waals surface area contributed by atoms with Crippen molar-refractivity contribution in [1.82, 2.24) is 14.7 Å². The molecule has 0 radical (unpaired) electrons. The molecule has 3 heterocycles. The molecule has 0 unspecified atom stereocenters. The number of nitrogens with zero attached hydrogens (tertiary/aromatic N) is 3. The zero-order valence-corrected chi connectivity index (χ0v) is 14.4. The van der Waals surface area contributed by atoms with Crippen molar-refractivity contribution in [1.29, 1.82) is 0 Å². The first-order chi connectivity index (χ1) is 12.9. The lowest BCUT2D eigenvalue weighted by Gasteiger charge is -2.33. The third-order valence-electron chi connectivity index (χ3n) is 4.91. The van der Waals surface area contributed by atoms with E-state index in [1.54, 1.807) is 29.2 Å². The number of hydrogen-bond acceptors (Lipinski definition) is 4. The van der Waals surface area contributed by atoms with Gasteiger partial charge in [-0.25, -0.2) is 4.68 Å². The topological polar surface area (TPSA) is 59.4 Å². The molecule has 0 bridgehead atoms. The molecule has 1 N–H and O–H groups in total. The minimum Gasteiger partial charge on any atom is -0.378 e. The molecule has 2 atom stereocenters. The lowest BCUT2D eigenvalue weighted by atomic mass is 9.97. The van der Waals surface area contributed by atoms with Crippen molar-refractivity contribution in [2.75, 3.05) is 31.6 Å². The molecule has 1 aromatic carbocycles. The van der Waals surface area contributed by atoms with Crippen LogP contribution in [-0.4, -0.2) is 53.1 Å². The van der Waals surface area contributed by atoms with Crippen LogP contribution < -0.4 is 5.32 Å². The molecule has 0 spiro atoms. The normalized spacial score (nSPS) is 22.9. The van der Waals surface area contributed by atoms with Gasteiger partial charge in [0.15, 0.2) is 11.7 Å². The number of anilines is 1. The van der Waals surface area contributed by atoms with Crippen LogP contribution in [0.25, 0.3) is 0 Å². The van der Waals surface area contributed by atoms with Gasteiger partial charge in [0.2, 0.25) is 0 Å². The fourth-order valence-electron chi connectivity index (χ4n) is 3.51. The van der Waals surface area contributed by atoms with Gasteiger partial charge in [0, 0.05) is 25.6 Å². The van der Waals surface area contributed by atoms with Crippen molar-refractivity contribution in [3.05, 3.63) is 47.7 Å². The van der Waals surface area contributed by atoms with E-state index in [2.05, 4.69) is 10.4 Å². The molecule has 1 fully saturated rings. The highest BCUT2D eigenvalue weighted by atomic mass is 19.4. The molecule has 144 valence electrons. The van der Waals surface area contributed by atoms with E-state index in [0.29, 0.717) is 26.3 Å². The maximum Gasteiger partial charge on any atom is 0.410 e. The molecule has 6 nitrogen and oxygen atoms in total. The van der Waals surface area contributed by atoms with E-state index in [4.69, 9.17) is 4.74 Å². The van der Waals surface area contributed by atoms with Gasteiger partial charge in [-0.1, -0.05) is 30.3 Å². The summed E-state index contributed by atoms with van der Waals surface area (Å²) in [6.45, 7) is 1.64. The number of fused-ring (bicyclic) bond motifs is 1. The molecule has 0 aliphatic carbocycles. The number of carbonyl (C=O) groups excluding carboxylic acids is 1. The van der Waals surface area contributed by atoms with Gasteiger partial charge < -0.3 is 15.0 Å². The maximum atomic E-state index is 13.7. The summed E-state index contributed by atoms with van der Waals surface area (Å²) < 4.78 is 47.1. The lowest BCUT2D eigenvalue weighted by molar-refractivity contribution is -0.173. The van der Waals surface area contributed by atoms with E-state index in [1.807, 2.05) is 6.07 Å². The van der Waals surface area contributed by atoms with Crippen LogP contribution in [0.4, 0.5) is 19.0 Å². The van der Waals surface area contributed by atoms with Gasteiger partial charge in [-0.2, -0.15) is 18.3 Å². The van der Waals surface area contributed by atoms with Gasteiger partial charge in [0.25, 0.3) is 5.91 Å². The van der Waals surface area contributed by atoms with E-state index in [9.17, 15) is 18.0 Å². The third-order valence-corrected chi connectivity index (χ3v) is 4.91. The molecule has 1 amide bonds. The number of halogens is 3. The fraction of sp³-hybridized carbons (Fsp3) is 0.444. The molecule has 2 aliphatic heterocycles. The first kappa shape index (κ1) is 17.8. The van der Waals surface area contributed by atoms with Gasteiger partial charge in [-0.15, -0.1) is 0 Å². The van der Waals surface area contributed by atoms with Gasteiger partial charge in [0.05, 0.1) is 19.3 Å².